The lowest BCUT2D eigenvalue weighted by molar-refractivity contribution is -0.119. The molecule has 0 atom stereocenters. The molecule has 3 aromatic rings. The number of nitrogens with zero attached hydrogens (tertiary/aromatic N) is 4. The first-order chi connectivity index (χ1) is 16.4. The maximum atomic E-state index is 12.9. The lowest BCUT2D eigenvalue weighted by Crippen LogP contribution is -2.47. The highest BCUT2D eigenvalue weighted by Gasteiger charge is 2.28. The van der Waals surface area contributed by atoms with Gasteiger partial charge in [-0.3, -0.25) is 9.59 Å². The number of para-hydroxylation sites is 1. The monoisotopic (exact) mass is 478 g/mol. The van der Waals surface area contributed by atoms with Crippen molar-refractivity contribution in [3.8, 4) is 11.3 Å². The summed E-state index contributed by atoms with van der Waals surface area (Å²) in [5.41, 5.74) is 3.52. The Morgan fingerprint density at radius 2 is 1.74 bits per heavy atom. The molecular weight excluding hydrogens is 456 g/mol. The Labute approximate surface area is 196 Å². The minimum atomic E-state index is -3.65. The van der Waals surface area contributed by atoms with Gasteiger partial charge in [0.15, 0.2) is 0 Å². The number of amides is 2. The molecule has 1 saturated heterocycles. The molecule has 1 aromatic heterocycles. The highest BCUT2D eigenvalue weighted by molar-refractivity contribution is 7.89. The maximum Gasteiger partial charge on any atom is 0.243 e. The molecular formula is C23H22N6O4S. The molecule has 34 heavy (non-hydrogen) atoms. The Balaban J connectivity index is 1.36. The van der Waals surface area contributed by atoms with E-state index in [1.807, 2.05) is 24.3 Å². The van der Waals surface area contributed by atoms with E-state index in [1.165, 1.54) is 16.4 Å². The smallest absolute Gasteiger partial charge is 0.243 e. The van der Waals surface area contributed by atoms with Crippen molar-refractivity contribution in [2.24, 2.45) is 0 Å². The molecule has 10 nitrogen and oxygen atoms in total. The third-order valence-electron chi connectivity index (χ3n) is 5.84. The van der Waals surface area contributed by atoms with Crippen molar-refractivity contribution in [2.75, 3.05) is 36.8 Å². The summed E-state index contributed by atoms with van der Waals surface area (Å²) in [4.78, 5) is 33.8. The molecule has 5 rings (SSSR count). The highest BCUT2D eigenvalue weighted by atomic mass is 32.2. The van der Waals surface area contributed by atoms with E-state index in [0.29, 0.717) is 36.1 Å². The van der Waals surface area contributed by atoms with Gasteiger partial charge in [-0.2, -0.15) is 4.31 Å². The number of fused-ring (bicyclic) bond motifs is 3. The molecule has 1 fully saturated rings. The van der Waals surface area contributed by atoms with Gasteiger partial charge >= 0.3 is 0 Å². The number of nitrogens with one attached hydrogen (secondary N) is 2. The van der Waals surface area contributed by atoms with Crippen LogP contribution in [-0.2, 0) is 26.0 Å². The number of hydrogen-bond acceptors (Lipinski definition) is 7. The van der Waals surface area contributed by atoms with Gasteiger partial charge in [-0.25, -0.2) is 18.4 Å². The van der Waals surface area contributed by atoms with Crippen LogP contribution in [-0.4, -0.2) is 66.1 Å². The first-order valence-corrected chi connectivity index (χ1v) is 12.2. The zero-order valence-electron chi connectivity index (χ0n) is 18.1. The fraction of sp³-hybridized carbons (Fsp3) is 0.217. The molecule has 2 N–H and O–H groups in total. The molecule has 3 heterocycles. The minimum absolute atomic E-state index is 0.125. The molecule has 2 aromatic carbocycles. The van der Waals surface area contributed by atoms with Crippen LogP contribution in [0.4, 0.5) is 17.3 Å². The first-order valence-electron chi connectivity index (χ1n) is 10.8. The summed E-state index contributed by atoms with van der Waals surface area (Å²) in [6.07, 6.45) is 2.55. The Morgan fingerprint density at radius 1 is 1.00 bits per heavy atom. The zero-order valence-corrected chi connectivity index (χ0v) is 19.0. The topological polar surface area (TPSA) is 125 Å². The van der Waals surface area contributed by atoms with E-state index >= 15 is 0 Å². The Kier molecular flexibility index (Phi) is 5.72. The van der Waals surface area contributed by atoms with Crippen molar-refractivity contribution in [1.82, 2.24) is 19.2 Å². The molecule has 2 aliphatic rings. The predicted molar refractivity (Wildman–Crippen MR) is 126 cm³/mol. The van der Waals surface area contributed by atoms with E-state index in [2.05, 4.69) is 20.6 Å². The van der Waals surface area contributed by atoms with Gasteiger partial charge in [-0.05, 0) is 30.3 Å². The summed E-state index contributed by atoms with van der Waals surface area (Å²) >= 11 is 0. The van der Waals surface area contributed by atoms with Gasteiger partial charge in [0.05, 0.1) is 22.7 Å². The van der Waals surface area contributed by atoms with E-state index in [-0.39, 0.29) is 30.3 Å². The van der Waals surface area contributed by atoms with Gasteiger partial charge in [0.1, 0.15) is 0 Å². The van der Waals surface area contributed by atoms with E-state index < -0.39 is 10.0 Å². The lowest BCUT2D eigenvalue weighted by Gasteiger charge is -2.31. The number of aromatic nitrogens is 2. The number of hydrogen-bond donors (Lipinski definition) is 2. The van der Waals surface area contributed by atoms with E-state index in [4.69, 9.17) is 0 Å². The third kappa shape index (κ3) is 4.22. The average molecular weight is 479 g/mol. The Morgan fingerprint density at radius 3 is 2.47 bits per heavy atom. The average Bonchev–Trinajstić information content (AvgIpc) is 2.99. The number of benzene rings is 2. The molecule has 2 amide bonds. The molecule has 0 bridgehead atoms. The summed E-state index contributed by atoms with van der Waals surface area (Å²) in [5.74, 6) is 0.211. The van der Waals surface area contributed by atoms with Crippen molar-refractivity contribution in [1.29, 1.82) is 0 Å². The zero-order chi connectivity index (χ0) is 23.7. The van der Waals surface area contributed by atoms with Crippen LogP contribution in [0.1, 0.15) is 5.56 Å². The molecule has 2 aliphatic heterocycles. The van der Waals surface area contributed by atoms with Crippen molar-refractivity contribution in [2.45, 2.75) is 11.3 Å². The summed E-state index contributed by atoms with van der Waals surface area (Å²) in [6, 6.07) is 13.8. The van der Waals surface area contributed by atoms with Gasteiger partial charge in [-0.15, -0.1) is 0 Å². The Bertz CT molecular complexity index is 1350. The summed E-state index contributed by atoms with van der Waals surface area (Å²) in [6.45, 7) is 1.29. The molecule has 11 heteroatoms. The van der Waals surface area contributed by atoms with Crippen molar-refractivity contribution in [3.05, 3.63) is 60.3 Å². The van der Waals surface area contributed by atoms with Crippen LogP contribution in [0.3, 0.4) is 0 Å². The SMILES string of the molecule is O=CN1CCN(S(=O)(=O)c2ccc(Nc3ncc4c(n3)-c3ccccc3NC(=O)C4)cc2)CC1. The Hall–Kier alpha value is -3.83. The number of sulfonamides is 1. The molecule has 174 valence electrons. The standard InChI is InChI=1S/C23H22N6O4S/c30-15-28-9-11-29(12-10-28)34(32,33)18-7-5-17(6-8-18)25-23-24-14-16-13-21(31)26-20-4-2-1-3-19(20)22(16)27-23/h1-8,14-15H,9-13H2,(H,26,31)(H,24,25,27). The normalized spacial score (nSPS) is 16.1. The van der Waals surface area contributed by atoms with Crippen LogP contribution in [0.15, 0.2) is 59.6 Å². The van der Waals surface area contributed by atoms with Gasteiger partial charge in [0, 0.05) is 49.2 Å². The van der Waals surface area contributed by atoms with Gasteiger partial charge < -0.3 is 15.5 Å². The van der Waals surface area contributed by atoms with Gasteiger partial charge in [-0.1, -0.05) is 18.2 Å². The number of carbonyl (C=O) groups is 2. The minimum Gasteiger partial charge on any atom is -0.343 e. The van der Waals surface area contributed by atoms with E-state index in [0.717, 1.165) is 17.5 Å². The molecule has 0 unspecified atom stereocenters. The van der Waals surface area contributed by atoms with Crippen molar-refractivity contribution >= 4 is 39.7 Å². The number of carbonyl (C=O) groups excluding carboxylic acids is 2. The molecule has 0 saturated carbocycles. The highest BCUT2D eigenvalue weighted by Crippen LogP contribution is 2.33. The molecule has 0 spiro atoms. The fourth-order valence-corrected chi connectivity index (χ4v) is 5.46. The number of piperazine rings is 1. The van der Waals surface area contributed by atoms with E-state index in [9.17, 15) is 18.0 Å². The van der Waals surface area contributed by atoms with Crippen LogP contribution in [0, 0.1) is 0 Å². The summed E-state index contributed by atoms with van der Waals surface area (Å²) in [5, 5.41) is 5.99. The van der Waals surface area contributed by atoms with Gasteiger partial charge in [0.25, 0.3) is 0 Å². The summed E-state index contributed by atoms with van der Waals surface area (Å²) < 4.78 is 27.2. The largest absolute Gasteiger partial charge is 0.343 e. The first kappa shape index (κ1) is 22.0. The van der Waals surface area contributed by atoms with Crippen molar-refractivity contribution in [3.63, 3.8) is 0 Å². The van der Waals surface area contributed by atoms with Crippen LogP contribution in [0.5, 0.6) is 0 Å². The number of anilines is 3. The number of rotatable bonds is 5. The quantitative estimate of drug-likeness (QED) is 0.536. The van der Waals surface area contributed by atoms with Gasteiger partial charge in [0.2, 0.25) is 28.3 Å². The molecule has 0 radical (unpaired) electrons. The second-order valence-electron chi connectivity index (χ2n) is 8.03. The van der Waals surface area contributed by atoms with Crippen molar-refractivity contribution < 1.29 is 18.0 Å². The predicted octanol–water partition coefficient (Wildman–Crippen LogP) is 1.84. The lowest BCUT2D eigenvalue weighted by atomic mass is 10.1. The maximum absolute atomic E-state index is 12.9. The second-order valence-corrected chi connectivity index (χ2v) is 9.97. The van der Waals surface area contributed by atoms with Crippen LogP contribution in [0.2, 0.25) is 0 Å². The molecule has 0 aliphatic carbocycles. The third-order valence-corrected chi connectivity index (χ3v) is 7.76. The van der Waals surface area contributed by atoms with E-state index in [1.54, 1.807) is 23.2 Å². The van der Waals surface area contributed by atoms with Crippen LogP contribution in [0.25, 0.3) is 11.3 Å². The fourth-order valence-electron chi connectivity index (χ4n) is 4.03. The summed E-state index contributed by atoms with van der Waals surface area (Å²) in [7, 11) is -3.65. The van der Waals surface area contributed by atoms with Crippen LogP contribution < -0.4 is 10.6 Å². The van der Waals surface area contributed by atoms with Crippen LogP contribution >= 0.6 is 0 Å². The second kappa shape index (κ2) is 8.84.